The summed E-state index contributed by atoms with van der Waals surface area (Å²) in [5.74, 6) is 0. The Morgan fingerprint density at radius 2 is 1.94 bits per heavy atom. The number of hydrogen-bond acceptors (Lipinski definition) is 2. The van der Waals surface area contributed by atoms with Crippen molar-refractivity contribution in [2.24, 2.45) is 0 Å². The Balaban J connectivity index is 2.16. The van der Waals surface area contributed by atoms with Gasteiger partial charge >= 0.3 is 0 Å². The highest BCUT2D eigenvalue weighted by molar-refractivity contribution is 9.10. The summed E-state index contributed by atoms with van der Waals surface area (Å²) in [5.41, 5.74) is 0. The number of nitrogens with one attached hydrogen (secondary N) is 1. The average molecular weight is 332 g/mol. The van der Waals surface area contributed by atoms with Gasteiger partial charge in [0.15, 0.2) is 0 Å². The fraction of sp³-hybridized carbons (Fsp3) is 0.733. The molecular weight excluding hydrogens is 306 g/mol. The van der Waals surface area contributed by atoms with E-state index in [1.807, 2.05) is 11.3 Å². The van der Waals surface area contributed by atoms with E-state index in [0.717, 1.165) is 6.42 Å². The van der Waals surface area contributed by atoms with Crippen molar-refractivity contribution >= 4 is 27.3 Å². The molecule has 3 heteroatoms. The van der Waals surface area contributed by atoms with E-state index in [1.165, 1.54) is 54.3 Å². The lowest BCUT2D eigenvalue weighted by molar-refractivity contribution is 0.481. The third kappa shape index (κ3) is 6.35. The lowest BCUT2D eigenvalue weighted by atomic mass is 10.0. The van der Waals surface area contributed by atoms with Gasteiger partial charge in [-0.1, -0.05) is 45.4 Å². The Morgan fingerprint density at radius 1 is 1.22 bits per heavy atom. The molecule has 104 valence electrons. The summed E-state index contributed by atoms with van der Waals surface area (Å²) < 4.78 is 1.27. The first-order valence-electron chi connectivity index (χ1n) is 7.17. The summed E-state index contributed by atoms with van der Waals surface area (Å²) in [5, 5.41) is 5.62. The van der Waals surface area contributed by atoms with Gasteiger partial charge in [-0.3, -0.25) is 0 Å². The van der Waals surface area contributed by atoms with Gasteiger partial charge in [-0.2, -0.15) is 0 Å². The zero-order valence-electron chi connectivity index (χ0n) is 11.7. The maximum Gasteiger partial charge on any atom is 0.0314 e. The second-order valence-corrected chi connectivity index (χ2v) is 6.79. The topological polar surface area (TPSA) is 12.0 Å². The van der Waals surface area contributed by atoms with Crippen molar-refractivity contribution in [3.8, 4) is 0 Å². The summed E-state index contributed by atoms with van der Waals surface area (Å²) in [6.45, 7) is 2.27. The van der Waals surface area contributed by atoms with E-state index in [1.54, 1.807) is 0 Å². The molecule has 0 saturated heterocycles. The Labute approximate surface area is 125 Å². The molecule has 18 heavy (non-hydrogen) atoms. The first-order valence-corrected chi connectivity index (χ1v) is 8.84. The van der Waals surface area contributed by atoms with Gasteiger partial charge in [0, 0.05) is 15.4 Å². The minimum atomic E-state index is 0.631. The third-order valence-electron chi connectivity index (χ3n) is 3.44. The van der Waals surface area contributed by atoms with Gasteiger partial charge in [0.1, 0.15) is 0 Å². The van der Waals surface area contributed by atoms with E-state index in [4.69, 9.17) is 0 Å². The lowest BCUT2D eigenvalue weighted by Gasteiger charge is -2.15. The molecule has 0 spiro atoms. The highest BCUT2D eigenvalue weighted by atomic mass is 79.9. The van der Waals surface area contributed by atoms with Crippen LogP contribution in [0.3, 0.4) is 0 Å². The molecule has 1 aromatic rings. The second-order valence-electron chi connectivity index (χ2n) is 4.94. The maximum atomic E-state index is 3.62. The van der Waals surface area contributed by atoms with Crippen LogP contribution >= 0.6 is 27.3 Å². The van der Waals surface area contributed by atoms with E-state index < -0.39 is 0 Å². The van der Waals surface area contributed by atoms with Gasteiger partial charge < -0.3 is 5.32 Å². The number of unbranched alkanes of at least 4 members (excludes halogenated alkanes) is 5. The van der Waals surface area contributed by atoms with Gasteiger partial charge in [-0.15, -0.1) is 11.3 Å². The van der Waals surface area contributed by atoms with Gasteiger partial charge in [0.2, 0.25) is 0 Å². The van der Waals surface area contributed by atoms with Crippen LogP contribution in [0.4, 0.5) is 0 Å². The summed E-state index contributed by atoms with van der Waals surface area (Å²) in [6, 6.07) is 2.78. The lowest BCUT2D eigenvalue weighted by Crippen LogP contribution is -2.27. The standard InChI is InChI=1S/C15H26BrNS/c1-3-4-5-6-7-8-9-13(17-2)12-15-14(16)10-11-18-15/h10-11,13,17H,3-9,12H2,1-2H3. The van der Waals surface area contributed by atoms with Crippen LogP contribution < -0.4 is 5.32 Å². The number of likely N-dealkylation sites (N-methyl/N-ethyl adjacent to an activating group) is 1. The molecule has 0 aliphatic carbocycles. The number of thiophene rings is 1. The summed E-state index contributed by atoms with van der Waals surface area (Å²) in [7, 11) is 2.09. The molecule has 1 aromatic heterocycles. The molecule has 1 nitrogen and oxygen atoms in total. The highest BCUT2D eigenvalue weighted by Crippen LogP contribution is 2.25. The number of hydrogen-bond donors (Lipinski definition) is 1. The molecule has 0 saturated carbocycles. The molecule has 1 unspecified atom stereocenters. The largest absolute Gasteiger partial charge is 0.317 e. The van der Waals surface area contributed by atoms with Crippen molar-refractivity contribution in [3.63, 3.8) is 0 Å². The van der Waals surface area contributed by atoms with Crippen molar-refractivity contribution in [1.82, 2.24) is 5.32 Å². The molecule has 0 fully saturated rings. The number of halogens is 1. The molecule has 1 rings (SSSR count). The maximum absolute atomic E-state index is 3.62. The van der Waals surface area contributed by atoms with Gasteiger partial charge in [0.25, 0.3) is 0 Å². The third-order valence-corrected chi connectivity index (χ3v) is 5.39. The van der Waals surface area contributed by atoms with Crippen LogP contribution in [0.5, 0.6) is 0 Å². The molecule has 1 N–H and O–H groups in total. The minimum Gasteiger partial charge on any atom is -0.317 e. The normalized spacial score (nSPS) is 12.8. The summed E-state index contributed by atoms with van der Waals surface area (Å²) >= 11 is 5.47. The first-order chi connectivity index (χ1) is 8.77. The van der Waals surface area contributed by atoms with E-state index >= 15 is 0 Å². The summed E-state index contributed by atoms with van der Waals surface area (Å²) in [4.78, 5) is 1.47. The Bertz CT molecular complexity index is 311. The molecule has 0 radical (unpaired) electrons. The molecule has 0 aliphatic rings. The molecule has 0 amide bonds. The average Bonchev–Trinajstić information content (AvgIpc) is 2.77. The fourth-order valence-electron chi connectivity index (χ4n) is 2.21. The van der Waals surface area contributed by atoms with Crippen molar-refractivity contribution in [3.05, 3.63) is 20.8 Å². The van der Waals surface area contributed by atoms with Crippen molar-refractivity contribution in [2.45, 2.75) is 64.3 Å². The number of rotatable bonds is 10. The molecule has 1 heterocycles. The van der Waals surface area contributed by atoms with Crippen LogP contribution in [0.15, 0.2) is 15.9 Å². The Hall–Kier alpha value is 0.140. The second kappa shape index (κ2) is 9.99. The molecule has 0 aliphatic heterocycles. The predicted molar refractivity (Wildman–Crippen MR) is 86.6 cm³/mol. The Kier molecular flexibility index (Phi) is 8.99. The first kappa shape index (κ1) is 16.2. The zero-order chi connectivity index (χ0) is 13.2. The SMILES string of the molecule is CCCCCCCCC(Cc1sccc1Br)NC. The van der Waals surface area contributed by atoms with Crippen LogP contribution in [0.2, 0.25) is 0 Å². The molecule has 1 atom stereocenters. The van der Waals surface area contributed by atoms with Crippen LogP contribution in [-0.4, -0.2) is 13.1 Å². The van der Waals surface area contributed by atoms with E-state index in [-0.39, 0.29) is 0 Å². The Morgan fingerprint density at radius 3 is 2.56 bits per heavy atom. The van der Waals surface area contributed by atoms with Crippen molar-refractivity contribution < 1.29 is 0 Å². The highest BCUT2D eigenvalue weighted by Gasteiger charge is 2.10. The summed E-state index contributed by atoms with van der Waals surface area (Å²) in [6.07, 6.45) is 10.8. The van der Waals surface area contributed by atoms with E-state index in [0.29, 0.717) is 6.04 Å². The fourth-order valence-corrected chi connectivity index (χ4v) is 3.81. The minimum absolute atomic E-state index is 0.631. The molecule has 0 aromatic carbocycles. The molecule has 0 bridgehead atoms. The quantitative estimate of drug-likeness (QED) is 0.566. The predicted octanol–water partition coefficient (Wildman–Crippen LogP) is 5.39. The van der Waals surface area contributed by atoms with Gasteiger partial charge in [-0.25, -0.2) is 0 Å². The zero-order valence-corrected chi connectivity index (χ0v) is 14.1. The molecular formula is C15H26BrNS. The van der Waals surface area contributed by atoms with Crippen LogP contribution in [0.25, 0.3) is 0 Å². The smallest absolute Gasteiger partial charge is 0.0314 e. The monoisotopic (exact) mass is 331 g/mol. The van der Waals surface area contributed by atoms with E-state index in [2.05, 4.69) is 46.7 Å². The van der Waals surface area contributed by atoms with Crippen molar-refractivity contribution in [2.75, 3.05) is 7.05 Å². The van der Waals surface area contributed by atoms with Crippen LogP contribution in [-0.2, 0) is 6.42 Å². The van der Waals surface area contributed by atoms with E-state index in [9.17, 15) is 0 Å². The van der Waals surface area contributed by atoms with Gasteiger partial charge in [0.05, 0.1) is 0 Å². The van der Waals surface area contributed by atoms with Crippen molar-refractivity contribution in [1.29, 1.82) is 0 Å². The van der Waals surface area contributed by atoms with Gasteiger partial charge in [-0.05, 0) is 47.3 Å². The van der Waals surface area contributed by atoms with Crippen LogP contribution in [0.1, 0.15) is 56.7 Å². The van der Waals surface area contributed by atoms with Crippen LogP contribution in [0, 0.1) is 0 Å².